The van der Waals surface area contributed by atoms with Gasteiger partial charge in [-0.15, -0.1) is 0 Å². The van der Waals surface area contributed by atoms with Crippen LogP contribution in [-0.4, -0.2) is 24.7 Å². The van der Waals surface area contributed by atoms with Crippen molar-refractivity contribution < 1.29 is 4.42 Å². The SMILES string of the molecule is Cc1cc(C)c2oc(Nc3ccc(-n4ncc5cncnc54)cc3)nc2c1. The lowest BCUT2D eigenvalue weighted by Crippen LogP contribution is -1.98. The predicted octanol–water partition coefficient (Wildman–Crippen LogP) is 4.32. The molecule has 0 atom stereocenters. The van der Waals surface area contributed by atoms with Crippen molar-refractivity contribution in [3.8, 4) is 5.69 Å². The molecule has 0 saturated heterocycles. The number of fused-ring (bicyclic) bond motifs is 2. The number of aromatic nitrogens is 5. The summed E-state index contributed by atoms with van der Waals surface area (Å²) in [6.07, 6.45) is 5.02. The van der Waals surface area contributed by atoms with Crippen LogP contribution in [0.3, 0.4) is 0 Å². The van der Waals surface area contributed by atoms with E-state index in [1.807, 2.05) is 37.3 Å². The second-order valence-corrected chi connectivity index (χ2v) is 6.48. The van der Waals surface area contributed by atoms with Crippen molar-refractivity contribution in [1.82, 2.24) is 24.7 Å². The standard InChI is InChI=1S/C20H16N6O/c1-12-7-13(2)18-17(8-12)25-20(27-18)24-15-3-5-16(6-4-15)26-19-14(10-23-26)9-21-11-22-19/h3-11H,1-2H3,(H,24,25). The number of rotatable bonds is 3. The molecular weight excluding hydrogens is 340 g/mol. The van der Waals surface area contributed by atoms with Crippen molar-refractivity contribution >= 4 is 33.8 Å². The Labute approximate surface area is 154 Å². The van der Waals surface area contributed by atoms with Gasteiger partial charge in [0.25, 0.3) is 6.01 Å². The minimum absolute atomic E-state index is 0.476. The third-order valence-corrected chi connectivity index (χ3v) is 4.41. The van der Waals surface area contributed by atoms with Crippen LogP contribution in [0, 0.1) is 13.8 Å². The molecule has 7 nitrogen and oxygen atoms in total. The minimum Gasteiger partial charge on any atom is -0.423 e. The monoisotopic (exact) mass is 356 g/mol. The molecule has 0 saturated carbocycles. The fourth-order valence-corrected chi connectivity index (χ4v) is 3.21. The highest BCUT2D eigenvalue weighted by atomic mass is 16.4. The first-order valence-corrected chi connectivity index (χ1v) is 8.56. The van der Waals surface area contributed by atoms with Gasteiger partial charge in [0.1, 0.15) is 11.8 Å². The van der Waals surface area contributed by atoms with Crippen molar-refractivity contribution in [2.24, 2.45) is 0 Å². The normalized spacial score (nSPS) is 11.3. The summed E-state index contributed by atoms with van der Waals surface area (Å²) in [4.78, 5) is 12.8. The van der Waals surface area contributed by atoms with E-state index in [1.54, 1.807) is 17.1 Å². The zero-order chi connectivity index (χ0) is 18.4. The second-order valence-electron chi connectivity index (χ2n) is 6.48. The molecule has 0 radical (unpaired) electrons. The highest BCUT2D eigenvalue weighted by molar-refractivity contribution is 5.79. The number of nitrogens with zero attached hydrogens (tertiary/aromatic N) is 5. The molecule has 5 rings (SSSR count). The summed E-state index contributed by atoms with van der Waals surface area (Å²) in [7, 11) is 0. The number of hydrogen-bond acceptors (Lipinski definition) is 6. The Balaban J connectivity index is 1.45. The van der Waals surface area contributed by atoms with Crippen LogP contribution in [0.15, 0.2) is 59.5 Å². The van der Waals surface area contributed by atoms with Gasteiger partial charge in [-0.2, -0.15) is 10.1 Å². The van der Waals surface area contributed by atoms with Crippen LogP contribution in [0.1, 0.15) is 11.1 Å². The number of nitrogens with one attached hydrogen (secondary N) is 1. The van der Waals surface area contributed by atoms with Gasteiger partial charge >= 0.3 is 0 Å². The quantitative estimate of drug-likeness (QED) is 0.518. The lowest BCUT2D eigenvalue weighted by atomic mass is 10.1. The van der Waals surface area contributed by atoms with Gasteiger partial charge in [-0.25, -0.2) is 14.6 Å². The van der Waals surface area contributed by atoms with E-state index in [2.05, 4.69) is 38.4 Å². The number of anilines is 2. The number of oxazole rings is 1. The van der Waals surface area contributed by atoms with Crippen molar-refractivity contribution in [3.05, 3.63) is 66.2 Å². The molecule has 0 aliphatic heterocycles. The number of benzene rings is 2. The maximum absolute atomic E-state index is 5.86. The highest BCUT2D eigenvalue weighted by Gasteiger charge is 2.10. The van der Waals surface area contributed by atoms with Gasteiger partial charge in [-0.05, 0) is 55.3 Å². The third-order valence-electron chi connectivity index (χ3n) is 4.41. The van der Waals surface area contributed by atoms with E-state index >= 15 is 0 Å². The summed E-state index contributed by atoms with van der Waals surface area (Å²) in [5.41, 5.74) is 6.48. The zero-order valence-electron chi connectivity index (χ0n) is 14.8. The summed E-state index contributed by atoms with van der Waals surface area (Å²) in [6.45, 7) is 4.08. The molecule has 132 valence electrons. The Morgan fingerprint density at radius 3 is 2.74 bits per heavy atom. The van der Waals surface area contributed by atoms with E-state index in [0.717, 1.165) is 39.1 Å². The molecule has 1 N–H and O–H groups in total. The molecule has 0 spiro atoms. The first-order valence-electron chi connectivity index (χ1n) is 8.56. The van der Waals surface area contributed by atoms with Crippen LogP contribution < -0.4 is 5.32 Å². The average Bonchev–Trinajstić information content (AvgIpc) is 3.26. The van der Waals surface area contributed by atoms with Crippen molar-refractivity contribution in [3.63, 3.8) is 0 Å². The van der Waals surface area contributed by atoms with Crippen LogP contribution in [0.5, 0.6) is 0 Å². The third kappa shape index (κ3) is 2.69. The van der Waals surface area contributed by atoms with Crippen LogP contribution >= 0.6 is 0 Å². The topological polar surface area (TPSA) is 81.7 Å². The van der Waals surface area contributed by atoms with E-state index in [0.29, 0.717) is 6.01 Å². The molecule has 0 aliphatic carbocycles. The lowest BCUT2D eigenvalue weighted by molar-refractivity contribution is 0.620. The first kappa shape index (κ1) is 15.5. The van der Waals surface area contributed by atoms with Crippen molar-refractivity contribution in [2.45, 2.75) is 13.8 Å². The van der Waals surface area contributed by atoms with Crippen LogP contribution in [0.2, 0.25) is 0 Å². The molecule has 3 aromatic heterocycles. The molecule has 0 aliphatic rings. The molecule has 0 unspecified atom stereocenters. The Bertz CT molecular complexity index is 1270. The number of aryl methyl sites for hydroxylation is 2. The van der Waals surface area contributed by atoms with Gasteiger partial charge in [0.15, 0.2) is 11.2 Å². The van der Waals surface area contributed by atoms with E-state index in [4.69, 9.17) is 4.42 Å². The fraction of sp³-hybridized carbons (Fsp3) is 0.100. The number of hydrogen-bond donors (Lipinski definition) is 1. The summed E-state index contributed by atoms with van der Waals surface area (Å²) in [5, 5.41) is 8.51. The molecular formula is C20H16N6O. The molecule has 0 amide bonds. The molecule has 2 aromatic carbocycles. The molecule has 0 bridgehead atoms. The van der Waals surface area contributed by atoms with E-state index in [-0.39, 0.29) is 0 Å². The maximum Gasteiger partial charge on any atom is 0.300 e. The van der Waals surface area contributed by atoms with Crippen LogP contribution in [0.25, 0.3) is 27.8 Å². The van der Waals surface area contributed by atoms with E-state index < -0.39 is 0 Å². The first-order chi connectivity index (χ1) is 13.2. The van der Waals surface area contributed by atoms with Gasteiger partial charge in [0.05, 0.1) is 17.3 Å². The van der Waals surface area contributed by atoms with Crippen LogP contribution in [-0.2, 0) is 0 Å². The molecule has 3 heterocycles. The minimum atomic E-state index is 0.476. The summed E-state index contributed by atoms with van der Waals surface area (Å²) in [6, 6.07) is 12.4. The highest BCUT2D eigenvalue weighted by Crippen LogP contribution is 2.26. The summed E-state index contributed by atoms with van der Waals surface area (Å²) >= 11 is 0. The Morgan fingerprint density at radius 1 is 1.04 bits per heavy atom. The van der Waals surface area contributed by atoms with Gasteiger partial charge in [0.2, 0.25) is 0 Å². The maximum atomic E-state index is 5.86. The molecule has 5 aromatic rings. The Hall–Kier alpha value is -3.74. The van der Waals surface area contributed by atoms with Gasteiger partial charge in [-0.3, -0.25) is 0 Å². The summed E-state index contributed by atoms with van der Waals surface area (Å²) < 4.78 is 7.65. The van der Waals surface area contributed by atoms with Gasteiger partial charge in [0, 0.05) is 11.9 Å². The van der Waals surface area contributed by atoms with Gasteiger partial charge < -0.3 is 9.73 Å². The molecule has 27 heavy (non-hydrogen) atoms. The van der Waals surface area contributed by atoms with Crippen molar-refractivity contribution in [1.29, 1.82) is 0 Å². The molecule has 7 heteroatoms. The Morgan fingerprint density at radius 2 is 1.89 bits per heavy atom. The van der Waals surface area contributed by atoms with Crippen LogP contribution in [0.4, 0.5) is 11.7 Å². The fourth-order valence-electron chi connectivity index (χ4n) is 3.21. The second kappa shape index (κ2) is 5.91. The smallest absolute Gasteiger partial charge is 0.300 e. The average molecular weight is 356 g/mol. The predicted molar refractivity (Wildman–Crippen MR) is 103 cm³/mol. The van der Waals surface area contributed by atoms with Gasteiger partial charge in [-0.1, -0.05) is 6.07 Å². The zero-order valence-corrected chi connectivity index (χ0v) is 14.8. The van der Waals surface area contributed by atoms with E-state index in [9.17, 15) is 0 Å². The Kier molecular flexibility index (Phi) is 3.39. The van der Waals surface area contributed by atoms with E-state index in [1.165, 1.54) is 11.9 Å². The summed E-state index contributed by atoms with van der Waals surface area (Å²) in [5.74, 6) is 0. The lowest BCUT2D eigenvalue weighted by Gasteiger charge is -2.05. The van der Waals surface area contributed by atoms with Crippen molar-refractivity contribution in [2.75, 3.05) is 5.32 Å². The largest absolute Gasteiger partial charge is 0.423 e. The molecule has 0 fully saturated rings.